The summed E-state index contributed by atoms with van der Waals surface area (Å²) in [5.41, 5.74) is 2.45. The van der Waals surface area contributed by atoms with Gasteiger partial charge in [-0.25, -0.2) is 0 Å². The first kappa shape index (κ1) is 12.5. The van der Waals surface area contributed by atoms with E-state index in [-0.39, 0.29) is 16.4 Å². The van der Waals surface area contributed by atoms with Crippen molar-refractivity contribution in [2.45, 2.75) is 18.6 Å². The van der Waals surface area contributed by atoms with Gasteiger partial charge >= 0.3 is 0 Å². The maximum Gasteiger partial charge on any atom is 0.286 e. The summed E-state index contributed by atoms with van der Waals surface area (Å²) in [6, 6.07) is 0. The maximum absolute atomic E-state index is 11.7. The lowest BCUT2D eigenvalue weighted by molar-refractivity contribution is -0.118. The second kappa shape index (κ2) is 4.85. The molecule has 0 radical (unpaired) electrons. The second-order valence-electron chi connectivity index (χ2n) is 5.06. The molecule has 1 saturated heterocycles. The summed E-state index contributed by atoms with van der Waals surface area (Å²) in [5.74, 6) is 0.712. The Morgan fingerprint density at radius 2 is 2.05 bits per heavy atom. The highest BCUT2D eigenvalue weighted by atomic mass is 32.2. The number of allylic oxidation sites excluding steroid dienone is 8. The van der Waals surface area contributed by atoms with Gasteiger partial charge in [-0.05, 0) is 23.5 Å². The highest BCUT2D eigenvalue weighted by Crippen LogP contribution is 2.37. The van der Waals surface area contributed by atoms with Crippen molar-refractivity contribution < 1.29 is 9.59 Å². The van der Waals surface area contributed by atoms with Gasteiger partial charge < -0.3 is 0 Å². The van der Waals surface area contributed by atoms with E-state index in [1.807, 2.05) is 6.08 Å². The van der Waals surface area contributed by atoms with E-state index >= 15 is 0 Å². The summed E-state index contributed by atoms with van der Waals surface area (Å²) in [5, 5.41) is 1.83. The third-order valence-corrected chi connectivity index (χ3v) is 4.76. The molecule has 1 aliphatic heterocycles. The SMILES string of the molecule is CC1C=CC(CC2SC(=O)NC2=O)=C2C=CC=CC21. The van der Waals surface area contributed by atoms with Crippen molar-refractivity contribution in [1.82, 2.24) is 5.32 Å². The largest absolute Gasteiger partial charge is 0.286 e. The number of thioether (sulfide) groups is 1. The molecule has 2 aliphatic carbocycles. The fourth-order valence-corrected chi connectivity index (χ4v) is 3.58. The number of rotatable bonds is 2. The van der Waals surface area contributed by atoms with Crippen molar-refractivity contribution in [3.05, 3.63) is 47.6 Å². The lowest BCUT2D eigenvalue weighted by Gasteiger charge is -2.28. The number of carbonyl (C=O) groups is 2. The number of hydrogen-bond donors (Lipinski definition) is 1. The summed E-state index contributed by atoms with van der Waals surface area (Å²) in [7, 11) is 0. The van der Waals surface area contributed by atoms with Gasteiger partial charge in [0.25, 0.3) is 5.24 Å². The molecule has 2 amide bonds. The van der Waals surface area contributed by atoms with Crippen LogP contribution < -0.4 is 5.32 Å². The van der Waals surface area contributed by atoms with Crippen LogP contribution in [-0.2, 0) is 4.79 Å². The lowest BCUT2D eigenvalue weighted by atomic mass is 9.77. The van der Waals surface area contributed by atoms with E-state index in [1.165, 1.54) is 11.1 Å². The molecular formula is C15H15NO2S. The monoisotopic (exact) mass is 273 g/mol. The predicted molar refractivity (Wildman–Crippen MR) is 76.6 cm³/mol. The van der Waals surface area contributed by atoms with Crippen LogP contribution >= 0.6 is 11.8 Å². The van der Waals surface area contributed by atoms with Gasteiger partial charge in [0.2, 0.25) is 5.91 Å². The Morgan fingerprint density at radius 1 is 1.21 bits per heavy atom. The standard InChI is InChI=1S/C15H15NO2S/c1-9-6-7-10(12-5-3-2-4-11(9)12)8-13-14(17)16-15(18)19-13/h2-7,9,11,13H,8H2,1H3,(H,16,17,18). The molecule has 1 heterocycles. The highest BCUT2D eigenvalue weighted by Gasteiger charge is 2.33. The molecular weight excluding hydrogens is 258 g/mol. The fraction of sp³-hybridized carbons (Fsp3) is 0.333. The number of hydrogen-bond acceptors (Lipinski definition) is 3. The number of carbonyl (C=O) groups excluding carboxylic acids is 2. The normalized spacial score (nSPS) is 32.8. The van der Waals surface area contributed by atoms with Gasteiger partial charge in [0, 0.05) is 5.92 Å². The van der Waals surface area contributed by atoms with Gasteiger partial charge in [-0.3, -0.25) is 14.9 Å². The minimum Gasteiger partial charge on any atom is -0.286 e. The zero-order valence-electron chi connectivity index (χ0n) is 10.6. The molecule has 1 fully saturated rings. The molecule has 3 rings (SSSR count). The fourth-order valence-electron chi connectivity index (χ4n) is 2.73. The van der Waals surface area contributed by atoms with Crippen molar-refractivity contribution in [2.75, 3.05) is 0 Å². The molecule has 0 saturated carbocycles. The number of fused-ring (bicyclic) bond motifs is 1. The van der Waals surface area contributed by atoms with Crippen LogP contribution in [0.4, 0.5) is 4.79 Å². The number of nitrogens with one attached hydrogen (secondary N) is 1. The Labute approximate surface area is 116 Å². The summed E-state index contributed by atoms with van der Waals surface area (Å²) in [6.45, 7) is 2.20. The molecule has 0 aromatic rings. The molecule has 98 valence electrons. The van der Waals surface area contributed by atoms with Crippen LogP contribution in [0, 0.1) is 11.8 Å². The van der Waals surface area contributed by atoms with Crippen LogP contribution in [0.1, 0.15) is 13.3 Å². The Bertz CT molecular complexity index is 556. The Morgan fingerprint density at radius 3 is 2.79 bits per heavy atom. The van der Waals surface area contributed by atoms with Crippen molar-refractivity contribution in [3.63, 3.8) is 0 Å². The summed E-state index contributed by atoms with van der Waals surface area (Å²) < 4.78 is 0. The van der Waals surface area contributed by atoms with E-state index in [2.05, 4.69) is 42.6 Å². The van der Waals surface area contributed by atoms with Gasteiger partial charge in [0.15, 0.2) is 0 Å². The summed E-state index contributed by atoms with van der Waals surface area (Å²) in [4.78, 5) is 22.9. The molecule has 0 aromatic heterocycles. The van der Waals surface area contributed by atoms with E-state index < -0.39 is 0 Å². The first-order valence-electron chi connectivity index (χ1n) is 6.43. The molecule has 0 aromatic carbocycles. The molecule has 19 heavy (non-hydrogen) atoms. The van der Waals surface area contributed by atoms with Gasteiger partial charge in [0.05, 0.1) is 5.25 Å². The summed E-state index contributed by atoms with van der Waals surface area (Å²) >= 11 is 1.10. The number of amides is 2. The molecule has 4 heteroatoms. The lowest BCUT2D eigenvalue weighted by Crippen LogP contribution is -2.25. The molecule has 3 atom stereocenters. The van der Waals surface area contributed by atoms with Crippen LogP contribution in [0.15, 0.2) is 47.6 Å². The molecule has 0 bridgehead atoms. The quantitative estimate of drug-likeness (QED) is 0.841. The summed E-state index contributed by atoms with van der Waals surface area (Å²) in [6.07, 6.45) is 13.3. The smallest absolute Gasteiger partial charge is 0.286 e. The van der Waals surface area contributed by atoms with E-state index in [0.717, 1.165) is 11.8 Å². The van der Waals surface area contributed by atoms with Crippen LogP contribution in [0.25, 0.3) is 0 Å². The number of imide groups is 1. The molecule has 3 nitrogen and oxygen atoms in total. The van der Waals surface area contributed by atoms with E-state index in [4.69, 9.17) is 0 Å². The first-order valence-corrected chi connectivity index (χ1v) is 7.30. The molecule has 3 aliphatic rings. The van der Waals surface area contributed by atoms with Crippen LogP contribution in [0.5, 0.6) is 0 Å². The van der Waals surface area contributed by atoms with Gasteiger partial charge in [-0.1, -0.05) is 55.1 Å². The third kappa shape index (κ3) is 2.32. The highest BCUT2D eigenvalue weighted by molar-refractivity contribution is 8.15. The Hall–Kier alpha value is -1.55. The zero-order chi connectivity index (χ0) is 13.4. The second-order valence-corrected chi connectivity index (χ2v) is 6.23. The molecule has 1 N–H and O–H groups in total. The molecule has 3 unspecified atom stereocenters. The van der Waals surface area contributed by atoms with Crippen LogP contribution in [0.3, 0.4) is 0 Å². The van der Waals surface area contributed by atoms with E-state index in [1.54, 1.807) is 0 Å². The van der Waals surface area contributed by atoms with Crippen molar-refractivity contribution in [2.24, 2.45) is 11.8 Å². The van der Waals surface area contributed by atoms with Gasteiger partial charge in [-0.2, -0.15) is 0 Å². The van der Waals surface area contributed by atoms with Crippen LogP contribution in [-0.4, -0.2) is 16.4 Å². The van der Waals surface area contributed by atoms with E-state index in [9.17, 15) is 9.59 Å². The van der Waals surface area contributed by atoms with Crippen LogP contribution in [0.2, 0.25) is 0 Å². The topological polar surface area (TPSA) is 46.2 Å². The van der Waals surface area contributed by atoms with Crippen molar-refractivity contribution >= 4 is 22.9 Å². The third-order valence-electron chi connectivity index (χ3n) is 3.77. The first-order chi connectivity index (χ1) is 9.15. The zero-order valence-corrected chi connectivity index (χ0v) is 11.4. The van der Waals surface area contributed by atoms with Crippen molar-refractivity contribution in [1.29, 1.82) is 0 Å². The average Bonchev–Trinajstić information content (AvgIpc) is 2.72. The average molecular weight is 273 g/mol. The van der Waals surface area contributed by atoms with E-state index in [0.29, 0.717) is 18.3 Å². The minimum atomic E-state index is -0.284. The Balaban J connectivity index is 1.86. The van der Waals surface area contributed by atoms with Crippen molar-refractivity contribution in [3.8, 4) is 0 Å². The van der Waals surface area contributed by atoms with Gasteiger partial charge in [0.1, 0.15) is 0 Å². The maximum atomic E-state index is 11.7. The Kier molecular flexibility index (Phi) is 3.19. The predicted octanol–water partition coefficient (Wildman–Crippen LogP) is 2.97. The van der Waals surface area contributed by atoms with Gasteiger partial charge in [-0.15, -0.1) is 0 Å². The minimum absolute atomic E-state index is 0.165. The molecule has 0 spiro atoms.